The summed E-state index contributed by atoms with van der Waals surface area (Å²) in [4.78, 5) is 1.89. The molecule has 0 atom stereocenters. The van der Waals surface area contributed by atoms with Gasteiger partial charge in [0, 0.05) is 30.2 Å². The summed E-state index contributed by atoms with van der Waals surface area (Å²) in [5.41, 5.74) is 1.85. The van der Waals surface area contributed by atoms with Gasteiger partial charge in [0.25, 0.3) is 0 Å². The molecule has 4 N–H and O–H groups in total. The van der Waals surface area contributed by atoms with Gasteiger partial charge in [0.2, 0.25) is 10.0 Å². The number of alkyl halides is 3. The van der Waals surface area contributed by atoms with Gasteiger partial charge in [0.15, 0.2) is 0 Å². The molecule has 0 aliphatic carbocycles. The van der Waals surface area contributed by atoms with Crippen LogP contribution in [0, 0.1) is 11.8 Å². The zero-order chi connectivity index (χ0) is 26.5. The second-order valence-corrected chi connectivity index (χ2v) is 9.82. The molecule has 3 rings (SSSR count). The van der Waals surface area contributed by atoms with E-state index in [1.165, 1.54) is 25.3 Å². The first-order valence-electron chi connectivity index (χ1n) is 10.9. The van der Waals surface area contributed by atoms with Gasteiger partial charge in [-0.1, -0.05) is 12.0 Å². The molecule has 0 aliphatic rings. The minimum absolute atomic E-state index is 0.0760. The first-order chi connectivity index (χ1) is 16.9. The van der Waals surface area contributed by atoms with Crippen molar-refractivity contribution in [3.05, 3.63) is 48.2 Å². The van der Waals surface area contributed by atoms with E-state index in [1.807, 2.05) is 25.1 Å². The number of hydrogen-bond donors (Lipinski definition) is 3. The summed E-state index contributed by atoms with van der Waals surface area (Å²) < 4.78 is 69.5. The van der Waals surface area contributed by atoms with E-state index in [0.717, 1.165) is 16.8 Å². The van der Waals surface area contributed by atoms with Crippen LogP contribution in [-0.4, -0.2) is 64.9 Å². The predicted octanol–water partition coefficient (Wildman–Crippen LogP) is 3.30. The van der Waals surface area contributed by atoms with E-state index in [2.05, 4.69) is 22.5 Å². The molecule has 0 unspecified atom stereocenters. The zero-order valence-corrected chi connectivity index (χ0v) is 20.9. The van der Waals surface area contributed by atoms with Crippen LogP contribution in [0.4, 0.5) is 24.5 Å². The number of rotatable bonds is 9. The first-order valence-corrected chi connectivity index (χ1v) is 12.4. The number of halogens is 3. The van der Waals surface area contributed by atoms with Crippen LogP contribution in [-0.2, 0) is 16.6 Å². The van der Waals surface area contributed by atoms with Crippen LogP contribution in [0.25, 0.3) is 10.9 Å². The highest BCUT2D eigenvalue weighted by Gasteiger charge is 2.30. The fourth-order valence-electron chi connectivity index (χ4n) is 3.57. The minimum Gasteiger partial charge on any atom is -0.495 e. The predicted molar refractivity (Wildman–Crippen MR) is 135 cm³/mol. The van der Waals surface area contributed by atoms with Crippen LogP contribution in [0.2, 0.25) is 0 Å². The summed E-state index contributed by atoms with van der Waals surface area (Å²) in [6.45, 7) is 0.303. The highest BCUT2D eigenvalue weighted by molar-refractivity contribution is 7.89. The van der Waals surface area contributed by atoms with Crippen LogP contribution in [0.5, 0.6) is 5.75 Å². The van der Waals surface area contributed by atoms with E-state index in [0.29, 0.717) is 23.1 Å². The Morgan fingerprint density at radius 1 is 1.11 bits per heavy atom. The molecule has 12 heteroatoms. The number of nitrogens with zero attached hydrogens (tertiary/aromatic N) is 2. The number of primary sulfonamides is 1. The highest BCUT2D eigenvalue weighted by Crippen LogP contribution is 2.30. The number of nitrogens with two attached hydrogens (primary N) is 1. The molecule has 1 aromatic heterocycles. The molecule has 0 aliphatic heterocycles. The van der Waals surface area contributed by atoms with Crippen LogP contribution < -0.4 is 20.5 Å². The Morgan fingerprint density at radius 2 is 1.86 bits per heavy atom. The maximum atomic E-state index is 13.4. The lowest BCUT2D eigenvalue weighted by molar-refractivity contribution is -0.140. The number of methoxy groups -OCH3 is 1. The van der Waals surface area contributed by atoms with E-state index in [4.69, 9.17) is 9.88 Å². The number of anilines is 2. The summed E-state index contributed by atoms with van der Waals surface area (Å²) in [5, 5.41) is 12.1. The van der Waals surface area contributed by atoms with Crippen molar-refractivity contribution in [3.63, 3.8) is 0 Å². The van der Waals surface area contributed by atoms with Gasteiger partial charge < -0.3 is 24.8 Å². The van der Waals surface area contributed by atoms with Gasteiger partial charge in [0.05, 0.1) is 35.4 Å². The minimum atomic E-state index is -4.42. The Bertz CT molecular complexity index is 1390. The molecule has 36 heavy (non-hydrogen) atoms. The average molecular weight is 524 g/mol. The second-order valence-electron chi connectivity index (χ2n) is 8.26. The summed E-state index contributed by atoms with van der Waals surface area (Å²) in [5.74, 6) is 5.90. The number of likely N-dealkylation sites (N-methyl/N-ethyl adjacent to an activating group) is 1. The summed E-state index contributed by atoms with van der Waals surface area (Å²) in [7, 11) is 1.35. The number of benzene rings is 2. The van der Waals surface area contributed by atoms with Gasteiger partial charge in [0.1, 0.15) is 12.3 Å². The third-order valence-corrected chi connectivity index (χ3v) is 6.15. The Hall–Kier alpha value is -3.40. The number of sulfonamides is 1. The number of aromatic nitrogens is 1. The molecule has 0 radical (unpaired) electrons. The Morgan fingerprint density at radius 3 is 2.50 bits per heavy atom. The van der Waals surface area contributed by atoms with Gasteiger partial charge in [-0.3, -0.25) is 0 Å². The third kappa shape index (κ3) is 7.07. The van der Waals surface area contributed by atoms with Gasteiger partial charge in [-0.2, -0.15) is 13.2 Å². The molecule has 1 heterocycles. The number of hydrogen-bond acceptors (Lipinski definition) is 6. The molecule has 8 nitrogen and oxygen atoms in total. The molecule has 3 aromatic rings. The van der Waals surface area contributed by atoms with Crippen molar-refractivity contribution in [3.8, 4) is 17.6 Å². The van der Waals surface area contributed by atoms with Gasteiger partial charge in [-0.05, 0) is 50.3 Å². The van der Waals surface area contributed by atoms with E-state index in [1.54, 1.807) is 18.2 Å². The van der Waals surface area contributed by atoms with Crippen LogP contribution in [0.3, 0.4) is 0 Å². The van der Waals surface area contributed by atoms with Crippen molar-refractivity contribution in [2.45, 2.75) is 17.6 Å². The third-order valence-electron chi connectivity index (χ3n) is 5.24. The summed E-state index contributed by atoms with van der Waals surface area (Å²) in [6, 6.07) is 10.9. The molecule has 0 amide bonds. The van der Waals surface area contributed by atoms with Crippen molar-refractivity contribution in [2.24, 2.45) is 5.14 Å². The van der Waals surface area contributed by atoms with Crippen LogP contribution >= 0.6 is 0 Å². The van der Waals surface area contributed by atoms with E-state index >= 15 is 0 Å². The van der Waals surface area contributed by atoms with Crippen LogP contribution in [0.15, 0.2) is 47.4 Å². The maximum Gasteiger partial charge on any atom is 0.406 e. The van der Waals surface area contributed by atoms with E-state index in [-0.39, 0.29) is 22.9 Å². The number of ether oxygens (including phenoxy) is 1. The first kappa shape index (κ1) is 27.2. The molecule has 0 saturated heterocycles. The molecule has 0 spiro atoms. The molecule has 0 saturated carbocycles. The normalized spacial score (nSPS) is 11.9. The Balaban J connectivity index is 1.88. The molecule has 0 bridgehead atoms. The Kier molecular flexibility index (Phi) is 8.39. The SMILES string of the molecule is COc1cc(S(N)(=O)=O)ccc1NCC#Cc1cc2c(NCCN(C)C)cccc2n1CC(F)(F)F. The number of fused-ring (bicyclic) bond motifs is 1. The Labute approximate surface area is 208 Å². The smallest absolute Gasteiger partial charge is 0.406 e. The molecular formula is C24H28F3N5O3S. The lowest BCUT2D eigenvalue weighted by Crippen LogP contribution is -2.20. The van der Waals surface area contributed by atoms with E-state index < -0.39 is 22.7 Å². The largest absolute Gasteiger partial charge is 0.495 e. The van der Waals surface area contributed by atoms with Gasteiger partial charge >= 0.3 is 6.18 Å². The monoisotopic (exact) mass is 523 g/mol. The average Bonchev–Trinajstić information content (AvgIpc) is 3.12. The second kappa shape index (κ2) is 11.1. The zero-order valence-electron chi connectivity index (χ0n) is 20.1. The molecular weight excluding hydrogens is 495 g/mol. The van der Waals surface area contributed by atoms with Gasteiger partial charge in [-0.15, -0.1) is 0 Å². The molecule has 194 valence electrons. The lowest BCUT2D eigenvalue weighted by Gasteiger charge is -2.13. The van der Waals surface area contributed by atoms with Crippen molar-refractivity contribution in [1.29, 1.82) is 0 Å². The van der Waals surface area contributed by atoms with Crippen molar-refractivity contribution in [2.75, 3.05) is 51.5 Å². The summed E-state index contributed by atoms with van der Waals surface area (Å²) >= 11 is 0. The van der Waals surface area contributed by atoms with Crippen LogP contribution in [0.1, 0.15) is 5.69 Å². The van der Waals surface area contributed by atoms with E-state index in [9.17, 15) is 21.6 Å². The molecule has 2 aromatic carbocycles. The summed E-state index contributed by atoms with van der Waals surface area (Å²) in [6.07, 6.45) is -4.42. The fraction of sp³-hybridized carbons (Fsp3) is 0.333. The van der Waals surface area contributed by atoms with Gasteiger partial charge in [-0.25, -0.2) is 13.6 Å². The fourth-order valence-corrected chi connectivity index (χ4v) is 4.10. The topological polar surface area (TPSA) is 102 Å². The standard InChI is InChI=1S/C24H28F3N5O3S/c1-31(2)13-12-30-20-7-4-8-22-19(20)14-17(32(22)16-24(25,26)27)6-5-11-29-21-10-9-18(36(28,33)34)15-23(21)35-3/h4,7-10,14-15,29-30H,11-13,16H2,1-3H3,(H2,28,33,34). The lowest BCUT2D eigenvalue weighted by atomic mass is 10.2. The highest BCUT2D eigenvalue weighted by atomic mass is 32.2. The van der Waals surface area contributed by atoms with Crippen molar-refractivity contribution < 1.29 is 26.3 Å². The van der Waals surface area contributed by atoms with Crippen molar-refractivity contribution in [1.82, 2.24) is 9.47 Å². The maximum absolute atomic E-state index is 13.4. The number of nitrogens with one attached hydrogen (secondary N) is 2. The van der Waals surface area contributed by atoms with Crippen molar-refractivity contribution >= 4 is 32.3 Å². The molecule has 0 fully saturated rings. The quantitative estimate of drug-likeness (QED) is 0.372.